The standard InChI is InChI=1S/C54H54N3/c1-7-55-46-34-30-38-20-15-17-28-44(38)50(46)53(3,4)48(55)36-32-40-22-19-23-41(52(40)57(42-24-11-9-12-25-42)43-26-13-10-14-27-43)33-37-49-54(5,6)51-45-29-18-16-21-39(45)31-35-47(51)56(49)8-2/h9-18,20-21,24-37H,7-8,19,22-23H2,1-6H3/q+1. The van der Waals surface area contributed by atoms with E-state index in [1.165, 1.54) is 83.7 Å². The summed E-state index contributed by atoms with van der Waals surface area (Å²) >= 11 is 0. The number of fused-ring (bicyclic) bond motifs is 6. The average Bonchev–Trinajstić information content (AvgIpc) is 3.61. The van der Waals surface area contributed by atoms with E-state index >= 15 is 0 Å². The lowest BCUT2D eigenvalue weighted by molar-refractivity contribution is -0.433. The largest absolute Gasteiger partial charge is 0.344 e. The Bertz CT molecular complexity index is 2630. The zero-order chi connectivity index (χ0) is 39.3. The van der Waals surface area contributed by atoms with E-state index in [2.05, 4.69) is 214 Å². The zero-order valence-corrected chi connectivity index (χ0v) is 34.4. The number of anilines is 3. The lowest BCUT2D eigenvalue weighted by atomic mass is 9.78. The molecule has 1 aliphatic carbocycles. The molecule has 3 heteroatoms. The summed E-state index contributed by atoms with van der Waals surface area (Å²) in [5.74, 6) is 0. The molecule has 0 aromatic heterocycles. The first-order valence-electron chi connectivity index (χ1n) is 20.9. The van der Waals surface area contributed by atoms with Gasteiger partial charge in [0.25, 0.3) is 0 Å². The monoisotopic (exact) mass is 744 g/mol. The van der Waals surface area contributed by atoms with Crippen molar-refractivity contribution in [3.8, 4) is 0 Å². The van der Waals surface area contributed by atoms with Crippen LogP contribution in [0.3, 0.4) is 0 Å². The summed E-state index contributed by atoms with van der Waals surface area (Å²) in [5, 5.41) is 5.30. The number of nitrogens with zero attached hydrogens (tertiary/aromatic N) is 3. The van der Waals surface area contributed by atoms with E-state index in [0.29, 0.717) is 0 Å². The van der Waals surface area contributed by atoms with Crippen LogP contribution in [-0.2, 0) is 10.8 Å². The second-order valence-electron chi connectivity index (χ2n) is 16.8. The van der Waals surface area contributed by atoms with Crippen molar-refractivity contribution in [3.05, 3.63) is 191 Å². The SMILES string of the molecule is CCN1C(=CC=C2CCCC(C=CC3=[N+](CC)c4ccc5ccccc5c4C3(C)C)=C2N(c2ccccc2)c2ccccc2)C(C)(C)c2c1ccc1ccccc21. The molecule has 3 nitrogen and oxygen atoms in total. The molecule has 9 rings (SSSR count). The third kappa shape index (κ3) is 6.07. The molecule has 0 bridgehead atoms. The number of allylic oxidation sites excluding steroid dienone is 7. The Kier molecular flexibility index (Phi) is 9.36. The molecular formula is C54H54N3+. The second kappa shape index (κ2) is 14.5. The van der Waals surface area contributed by atoms with Crippen LogP contribution >= 0.6 is 0 Å². The average molecular weight is 745 g/mol. The van der Waals surface area contributed by atoms with Crippen LogP contribution in [0.4, 0.5) is 22.7 Å². The van der Waals surface area contributed by atoms with Crippen LogP contribution in [0.5, 0.6) is 0 Å². The molecule has 6 aromatic rings. The predicted molar refractivity (Wildman–Crippen MR) is 244 cm³/mol. The summed E-state index contributed by atoms with van der Waals surface area (Å²) in [7, 11) is 0. The van der Waals surface area contributed by atoms with Crippen molar-refractivity contribution in [3.63, 3.8) is 0 Å². The fraction of sp³-hybridized carbons (Fsp3) is 0.241. The zero-order valence-electron chi connectivity index (χ0n) is 34.4. The molecular weight excluding hydrogens is 691 g/mol. The Morgan fingerprint density at radius 1 is 0.614 bits per heavy atom. The highest BCUT2D eigenvalue weighted by atomic mass is 15.2. The Balaban J connectivity index is 1.23. The van der Waals surface area contributed by atoms with E-state index in [1.54, 1.807) is 0 Å². The van der Waals surface area contributed by atoms with E-state index in [0.717, 1.165) is 32.4 Å². The molecule has 2 heterocycles. The van der Waals surface area contributed by atoms with Gasteiger partial charge in [0.2, 0.25) is 5.69 Å². The Morgan fingerprint density at radius 3 is 1.84 bits per heavy atom. The minimum absolute atomic E-state index is 0.156. The summed E-state index contributed by atoms with van der Waals surface area (Å²) < 4.78 is 2.54. The minimum atomic E-state index is -0.156. The number of benzene rings is 6. The summed E-state index contributed by atoms with van der Waals surface area (Å²) in [4.78, 5) is 5.05. The van der Waals surface area contributed by atoms with Gasteiger partial charge in [-0.15, -0.1) is 0 Å². The molecule has 0 atom stereocenters. The van der Waals surface area contributed by atoms with Crippen LogP contribution in [0, 0.1) is 0 Å². The van der Waals surface area contributed by atoms with Gasteiger partial charge in [-0.2, -0.15) is 4.58 Å². The first-order chi connectivity index (χ1) is 27.7. The van der Waals surface area contributed by atoms with Gasteiger partial charge >= 0.3 is 0 Å². The number of rotatable bonds is 8. The third-order valence-corrected chi connectivity index (χ3v) is 12.8. The molecule has 0 amide bonds. The molecule has 6 aromatic carbocycles. The van der Waals surface area contributed by atoms with Crippen molar-refractivity contribution < 1.29 is 4.58 Å². The highest BCUT2D eigenvalue weighted by Gasteiger charge is 2.45. The van der Waals surface area contributed by atoms with Crippen molar-refractivity contribution in [2.75, 3.05) is 22.9 Å². The van der Waals surface area contributed by atoms with E-state index < -0.39 is 0 Å². The molecule has 0 fully saturated rings. The minimum Gasteiger partial charge on any atom is -0.344 e. The van der Waals surface area contributed by atoms with Crippen LogP contribution in [0.2, 0.25) is 0 Å². The molecule has 57 heavy (non-hydrogen) atoms. The molecule has 0 N–H and O–H groups in total. The first kappa shape index (κ1) is 36.7. The quantitative estimate of drug-likeness (QED) is 0.144. The van der Waals surface area contributed by atoms with Gasteiger partial charge in [0.1, 0.15) is 6.54 Å². The highest BCUT2D eigenvalue weighted by molar-refractivity contribution is 6.08. The highest BCUT2D eigenvalue weighted by Crippen LogP contribution is 2.51. The number of hydrogen-bond donors (Lipinski definition) is 0. The van der Waals surface area contributed by atoms with E-state index in [4.69, 9.17) is 0 Å². The molecule has 0 saturated heterocycles. The lowest BCUT2D eigenvalue weighted by Crippen LogP contribution is -2.28. The second-order valence-corrected chi connectivity index (χ2v) is 16.8. The normalized spacial score (nSPS) is 18.7. The van der Waals surface area contributed by atoms with Gasteiger partial charge in [-0.1, -0.05) is 117 Å². The van der Waals surface area contributed by atoms with Crippen molar-refractivity contribution in [1.82, 2.24) is 0 Å². The van der Waals surface area contributed by atoms with Gasteiger partial charge in [0.05, 0.1) is 11.1 Å². The number of para-hydroxylation sites is 2. The summed E-state index contributed by atoms with van der Waals surface area (Å²) in [6.07, 6.45) is 12.9. The summed E-state index contributed by atoms with van der Waals surface area (Å²) in [6, 6.07) is 48.9. The molecule has 3 aliphatic rings. The summed E-state index contributed by atoms with van der Waals surface area (Å²) in [6.45, 7) is 16.0. The Labute approximate surface area is 339 Å². The Morgan fingerprint density at radius 2 is 1.21 bits per heavy atom. The molecule has 0 unspecified atom stereocenters. The maximum atomic E-state index is 2.54. The van der Waals surface area contributed by atoms with Gasteiger partial charge in [-0.05, 0) is 128 Å². The fourth-order valence-electron chi connectivity index (χ4n) is 10.2. The predicted octanol–water partition coefficient (Wildman–Crippen LogP) is 13.8. The van der Waals surface area contributed by atoms with E-state index in [1.807, 2.05) is 0 Å². The molecule has 0 saturated carbocycles. The van der Waals surface area contributed by atoms with Crippen molar-refractivity contribution in [1.29, 1.82) is 0 Å². The number of hydrogen-bond acceptors (Lipinski definition) is 2. The smallest absolute Gasteiger partial charge is 0.210 e. The van der Waals surface area contributed by atoms with Crippen molar-refractivity contribution in [2.45, 2.75) is 71.6 Å². The van der Waals surface area contributed by atoms with Gasteiger partial charge < -0.3 is 9.80 Å². The van der Waals surface area contributed by atoms with Gasteiger partial charge in [-0.25, -0.2) is 0 Å². The van der Waals surface area contributed by atoms with E-state index in [-0.39, 0.29) is 10.8 Å². The molecule has 0 spiro atoms. The molecule has 284 valence electrons. The fourth-order valence-corrected chi connectivity index (χ4v) is 10.2. The van der Waals surface area contributed by atoms with Crippen LogP contribution in [0.25, 0.3) is 21.5 Å². The maximum Gasteiger partial charge on any atom is 0.210 e. The molecule has 0 radical (unpaired) electrons. The topological polar surface area (TPSA) is 9.49 Å². The van der Waals surface area contributed by atoms with Crippen LogP contribution in [-0.4, -0.2) is 23.4 Å². The lowest BCUT2D eigenvalue weighted by Gasteiger charge is -2.34. The first-order valence-corrected chi connectivity index (χ1v) is 20.9. The van der Waals surface area contributed by atoms with Crippen molar-refractivity contribution in [2.24, 2.45) is 0 Å². The van der Waals surface area contributed by atoms with Crippen LogP contribution in [0.1, 0.15) is 71.9 Å². The van der Waals surface area contributed by atoms with E-state index in [9.17, 15) is 0 Å². The van der Waals surface area contributed by atoms with Gasteiger partial charge in [-0.3, -0.25) is 0 Å². The van der Waals surface area contributed by atoms with Gasteiger partial charge in [0.15, 0.2) is 5.71 Å². The van der Waals surface area contributed by atoms with Crippen molar-refractivity contribution >= 4 is 50.0 Å². The summed E-state index contributed by atoms with van der Waals surface area (Å²) in [5.41, 5.74) is 14.3. The van der Waals surface area contributed by atoms with Crippen LogP contribution in [0.15, 0.2) is 180 Å². The number of likely N-dealkylation sites (N-methyl/N-ethyl adjacent to an activating group) is 1. The molecule has 2 aliphatic heterocycles. The third-order valence-electron chi connectivity index (χ3n) is 12.8. The Hall–Kier alpha value is -5.93. The van der Waals surface area contributed by atoms with Gasteiger partial charge in [0, 0.05) is 52.4 Å². The maximum absolute atomic E-state index is 2.54. The van der Waals surface area contributed by atoms with Crippen LogP contribution < -0.4 is 9.80 Å².